The number of nitrogens with zero attached hydrogens (tertiary/aromatic N) is 2. The maximum Gasteiger partial charge on any atom is 0.233 e. The van der Waals surface area contributed by atoms with E-state index in [9.17, 15) is 4.79 Å². The summed E-state index contributed by atoms with van der Waals surface area (Å²) < 4.78 is 0.776. The predicted molar refractivity (Wildman–Crippen MR) is 118 cm³/mol. The van der Waals surface area contributed by atoms with Crippen molar-refractivity contribution in [1.82, 2.24) is 15.5 Å². The van der Waals surface area contributed by atoms with Gasteiger partial charge in [0.15, 0.2) is 4.34 Å². The van der Waals surface area contributed by atoms with Gasteiger partial charge in [0, 0.05) is 12.2 Å². The zero-order valence-electron chi connectivity index (χ0n) is 16.2. The Morgan fingerprint density at radius 3 is 2.68 bits per heavy atom. The predicted octanol–water partition coefficient (Wildman–Crippen LogP) is 4.74. The van der Waals surface area contributed by atoms with E-state index in [-0.39, 0.29) is 11.2 Å². The first-order valence-corrected chi connectivity index (χ1v) is 10.9. The molecule has 0 unspecified atom stereocenters. The molecule has 5 nitrogen and oxygen atoms in total. The summed E-state index contributed by atoms with van der Waals surface area (Å²) in [5.74, 6) is 0.0140. The molecule has 0 bridgehead atoms. The maximum atomic E-state index is 12.3. The number of hydrogen-bond donors (Lipinski definition) is 2. The average molecular weight is 413 g/mol. The average Bonchev–Trinajstić information content (AvgIpc) is 3.13. The smallest absolute Gasteiger partial charge is 0.233 e. The molecular formula is C21H24N4OS2. The largest absolute Gasteiger partial charge is 0.355 e. The molecular weight excluding hydrogens is 388 g/mol. The Bertz CT molecular complexity index is 927. The zero-order valence-corrected chi connectivity index (χ0v) is 17.9. The first-order valence-electron chi connectivity index (χ1n) is 9.18. The van der Waals surface area contributed by atoms with Gasteiger partial charge >= 0.3 is 0 Å². The molecule has 146 valence electrons. The lowest BCUT2D eigenvalue weighted by Gasteiger charge is -2.10. The summed E-state index contributed by atoms with van der Waals surface area (Å²) in [5, 5.41) is 15.2. The molecule has 1 amide bonds. The van der Waals surface area contributed by atoms with Crippen molar-refractivity contribution in [2.75, 3.05) is 11.9 Å². The summed E-state index contributed by atoms with van der Waals surface area (Å²) in [5.41, 5.74) is 4.66. The third kappa shape index (κ3) is 5.56. The molecule has 0 aliphatic rings. The molecule has 0 radical (unpaired) electrons. The van der Waals surface area contributed by atoms with Crippen molar-refractivity contribution < 1.29 is 4.79 Å². The van der Waals surface area contributed by atoms with Crippen molar-refractivity contribution >= 4 is 39.8 Å². The van der Waals surface area contributed by atoms with Crippen molar-refractivity contribution in [1.29, 1.82) is 0 Å². The number of thioether (sulfide) groups is 1. The van der Waals surface area contributed by atoms with Crippen LogP contribution in [0.4, 0.5) is 10.8 Å². The third-order valence-electron chi connectivity index (χ3n) is 4.46. The fourth-order valence-corrected chi connectivity index (χ4v) is 4.57. The van der Waals surface area contributed by atoms with Crippen molar-refractivity contribution in [3.63, 3.8) is 0 Å². The van der Waals surface area contributed by atoms with Crippen LogP contribution in [0.1, 0.15) is 23.6 Å². The van der Waals surface area contributed by atoms with Gasteiger partial charge in [0.1, 0.15) is 0 Å². The van der Waals surface area contributed by atoms with E-state index in [1.54, 1.807) is 0 Å². The minimum absolute atomic E-state index is 0.0140. The SMILES string of the molecule is Cc1cccc(Nc2nnc(S[C@@H](C)C(=O)NCCc3ccccc3)s2)c1C. The monoisotopic (exact) mass is 412 g/mol. The number of carbonyl (C=O) groups excluding carboxylic acids is 1. The van der Waals surface area contributed by atoms with E-state index in [4.69, 9.17) is 0 Å². The Morgan fingerprint density at radius 2 is 1.89 bits per heavy atom. The lowest BCUT2D eigenvalue weighted by molar-refractivity contribution is -0.120. The van der Waals surface area contributed by atoms with Gasteiger partial charge in [-0.1, -0.05) is 65.6 Å². The number of rotatable bonds is 8. The number of nitrogens with one attached hydrogen (secondary N) is 2. The standard InChI is InChI=1S/C21H24N4OS2/c1-14-8-7-11-18(15(14)2)23-20-24-25-21(28-20)27-16(3)19(26)22-13-12-17-9-5-4-6-10-17/h4-11,16H,12-13H2,1-3H3,(H,22,26)(H,23,24)/t16-/m0/s1. The van der Waals surface area contributed by atoms with Gasteiger partial charge in [-0.3, -0.25) is 4.79 Å². The second-order valence-corrected chi connectivity index (χ2v) is 9.10. The Labute approximate surface area is 174 Å². The van der Waals surface area contributed by atoms with E-state index < -0.39 is 0 Å². The van der Waals surface area contributed by atoms with Crippen molar-refractivity contribution in [3.05, 3.63) is 65.2 Å². The number of amides is 1. The minimum atomic E-state index is -0.225. The van der Waals surface area contributed by atoms with Gasteiger partial charge in [0.2, 0.25) is 11.0 Å². The summed E-state index contributed by atoms with van der Waals surface area (Å²) in [6, 6.07) is 16.3. The summed E-state index contributed by atoms with van der Waals surface area (Å²) in [6.45, 7) is 6.68. The summed E-state index contributed by atoms with van der Waals surface area (Å²) in [6.07, 6.45) is 0.826. The van der Waals surface area contributed by atoms with Crippen LogP contribution in [0.3, 0.4) is 0 Å². The van der Waals surface area contributed by atoms with Crippen molar-refractivity contribution in [3.8, 4) is 0 Å². The van der Waals surface area contributed by atoms with Crippen LogP contribution in [0.5, 0.6) is 0 Å². The van der Waals surface area contributed by atoms with Gasteiger partial charge < -0.3 is 10.6 Å². The molecule has 2 aromatic carbocycles. The minimum Gasteiger partial charge on any atom is -0.355 e. The summed E-state index contributed by atoms with van der Waals surface area (Å²) in [7, 11) is 0. The van der Waals surface area contributed by atoms with Gasteiger partial charge in [0.05, 0.1) is 5.25 Å². The van der Waals surface area contributed by atoms with Gasteiger partial charge in [-0.25, -0.2) is 0 Å². The Balaban J connectivity index is 1.49. The van der Waals surface area contributed by atoms with Crippen LogP contribution in [0.15, 0.2) is 52.9 Å². The van der Waals surface area contributed by atoms with E-state index in [0.717, 1.165) is 21.6 Å². The van der Waals surface area contributed by atoms with Gasteiger partial charge in [-0.15, -0.1) is 10.2 Å². The lowest BCUT2D eigenvalue weighted by Crippen LogP contribution is -2.32. The van der Waals surface area contributed by atoms with Crippen LogP contribution in [-0.2, 0) is 11.2 Å². The Kier molecular flexibility index (Phi) is 7.06. The molecule has 3 rings (SSSR count). The lowest BCUT2D eigenvalue weighted by atomic mass is 10.1. The molecule has 0 saturated carbocycles. The van der Waals surface area contributed by atoms with Gasteiger partial charge in [-0.2, -0.15) is 0 Å². The molecule has 2 N–H and O–H groups in total. The highest BCUT2D eigenvalue weighted by Gasteiger charge is 2.17. The molecule has 7 heteroatoms. The number of aromatic nitrogens is 2. The van der Waals surface area contributed by atoms with Crippen LogP contribution in [-0.4, -0.2) is 27.9 Å². The van der Waals surface area contributed by atoms with Gasteiger partial charge in [-0.05, 0) is 49.9 Å². The van der Waals surface area contributed by atoms with Crippen LogP contribution in [0, 0.1) is 13.8 Å². The zero-order chi connectivity index (χ0) is 19.9. The van der Waals surface area contributed by atoms with Crippen LogP contribution >= 0.6 is 23.1 Å². The molecule has 1 aromatic heterocycles. The first-order chi connectivity index (χ1) is 13.5. The normalized spacial score (nSPS) is 11.8. The molecule has 0 saturated heterocycles. The highest BCUT2D eigenvalue weighted by molar-refractivity contribution is 8.02. The van der Waals surface area contributed by atoms with E-state index in [0.29, 0.717) is 6.54 Å². The molecule has 0 fully saturated rings. The second-order valence-electron chi connectivity index (χ2n) is 6.53. The van der Waals surface area contributed by atoms with E-state index in [2.05, 4.69) is 52.9 Å². The molecule has 3 aromatic rings. The highest BCUT2D eigenvalue weighted by atomic mass is 32.2. The van der Waals surface area contributed by atoms with Crippen LogP contribution in [0.25, 0.3) is 0 Å². The van der Waals surface area contributed by atoms with E-state index in [1.165, 1.54) is 39.8 Å². The molecule has 0 aliphatic carbocycles. The fraction of sp³-hybridized carbons (Fsp3) is 0.286. The number of carbonyl (C=O) groups is 1. The Hall–Kier alpha value is -2.38. The topological polar surface area (TPSA) is 66.9 Å². The first kappa shape index (κ1) is 20.4. The molecule has 1 atom stereocenters. The second kappa shape index (κ2) is 9.71. The summed E-state index contributed by atoms with van der Waals surface area (Å²) >= 11 is 2.89. The molecule has 1 heterocycles. The molecule has 0 spiro atoms. The molecule has 28 heavy (non-hydrogen) atoms. The van der Waals surface area contributed by atoms with Gasteiger partial charge in [0.25, 0.3) is 0 Å². The summed E-state index contributed by atoms with van der Waals surface area (Å²) in [4.78, 5) is 12.3. The fourth-order valence-electron chi connectivity index (χ4n) is 2.63. The number of anilines is 2. The number of hydrogen-bond acceptors (Lipinski definition) is 6. The number of aryl methyl sites for hydroxylation is 1. The quantitative estimate of drug-likeness (QED) is 0.523. The number of benzene rings is 2. The van der Waals surface area contributed by atoms with Crippen LogP contribution < -0.4 is 10.6 Å². The Morgan fingerprint density at radius 1 is 1.11 bits per heavy atom. The van der Waals surface area contributed by atoms with E-state index >= 15 is 0 Å². The maximum absolute atomic E-state index is 12.3. The van der Waals surface area contributed by atoms with E-state index in [1.807, 2.05) is 37.3 Å². The van der Waals surface area contributed by atoms with Crippen molar-refractivity contribution in [2.45, 2.75) is 36.8 Å². The van der Waals surface area contributed by atoms with Crippen molar-refractivity contribution in [2.24, 2.45) is 0 Å². The third-order valence-corrected chi connectivity index (χ3v) is 6.48. The molecule has 0 aliphatic heterocycles. The van der Waals surface area contributed by atoms with Crippen LogP contribution in [0.2, 0.25) is 0 Å². The highest BCUT2D eigenvalue weighted by Crippen LogP contribution is 2.31.